The SMILES string of the molecule is CCCCCN(Cc1nc(C(=O)OC)cs1)C(=O)Nc1ccccc1C. The van der Waals surface area contributed by atoms with E-state index < -0.39 is 5.97 Å². The van der Waals surface area contributed by atoms with Gasteiger partial charge in [-0.05, 0) is 25.0 Å². The summed E-state index contributed by atoms with van der Waals surface area (Å²) in [5.74, 6) is -0.464. The number of aromatic nitrogens is 1. The number of benzene rings is 1. The van der Waals surface area contributed by atoms with Crippen LogP contribution in [0.4, 0.5) is 10.5 Å². The van der Waals surface area contributed by atoms with Gasteiger partial charge in [0, 0.05) is 17.6 Å². The van der Waals surface area contributed by atoms with E-state index in [1.807, 2.05) is 31.2 Å². The summed E-state index contributed by atoms with van der Waals surface area (Å²) in [5, 5.41) is 5.34. The number of unbranched alkanes of at least 4 members (excludes halogenated alkanes) is 2. The molecule has 2 amide bonds. The molecule has 1 aromatic carbocycles. The predicted molar refractivity (Wildman–Crippen MR) is 104 cm³/mol. The largest absolute Gasteiger partial charge is 0.464 e. The number of aryl methyl sites for hydroxylation is 1. The molecule has 2 aromatic rings. The van der Waals surface area contributed by atoms with Gasteiger partial charge in [-0.15, -0.1) is 11.3 Å². The van der Waals surface area contributed by atoms with E-state index >= 15 is 0 Å². The summed E-state index contributed by atoms with van der Waals surface area (Å²) in [7, 11) is 1.33. The minimum Gasteiger partial charge on any atom is -0.464 e. The number of carbonyl (C=O) groups is 2. The summed E-state index contributed by atoms with van der Waals surface area (Å²) >= 11 is 1.35. The Morgan fingerprint density at radius 1 is 1.27 bits per heavy atom. The van der Waals surface area contributed by atoms with E-state index in [0.717, 1.165) is 30.5 Å². The van der Waals surface area contributed by atoms with Crippen molar-refractivity contribution in [1.82, 2.24) is 9.88 Å². The Morgan fingerprint density at radius 3 is 2.73 bits per heavy atom. The van der Waals surface area contributed by atoms with Gasteiger partial charge < -0.3 is 15.0 Å². The average Bonchev–Trinajstić information content (AvgIpc) is 3.11. The molecule has 0 atom stereocenters. The number of urea groups is 1. The van der Waals surface area contributed by atoms with Gasteiger partial charge in [0.2, 0.25) is 0 Å². The van der Waals surface area contributed by atoms with Crippen molar-refractivity contribution in [3.63, 3.8) is 0 Å². The third kappa shape index (κ3) is 5.56. The molecule has 7 heteroatoms. The van der Waals surface area contributed by atoms with Crippen LogP contribution in [0.5, 0.6) is 0 Å². The first-order chi connectivity index (χ1) is 12.5. The van der Waals surface area contributed by atoms with Gasteiger partial charge >= 0.3 is 12.0 Å². The highest BCUT2D eigenvalue weighted by atomic mass is 32.1. The van der Waals surface area contributed by atoms with Crippen LogP contribution in [0, 0.1) is 6.92 Å². The number of ether oxygens (including phenoxy) is 1. The zero-order valence-electron chi connectivity index (χ0n) is 15.4. The highest BCUT2D eigenvalue weighted by Gasteiger charge is 2.18. The lowest BCUT2D eigenvalue weighted by molar-refractivity contribution is 0.0594. The number of hydrogen-bond donors (Lipinski definition) is 1. The minimum absolute atomic E-state index is 0.162. The zero-order valence-corrected chi connectivity index (χ0v) is 16.3. The second-order valence-corrected chi connectivity index (χ2v) is 6.93. The molecule has 0 aliphatic carbocycles. The minimum atomic E-state index is -0.464. The van der Waals surface area contributed by atoms with E-state index in [1.165, 1.54) is 18.4 Å². The van der Waals surface area contributed by atoms with Crippen LogP contribution in [0.2, 0.25) is 0 Å². The topological polar surface area (TPSA) is 71.5 Å². The van der Waals surface area contributed by atoms with Gasteiger partial charge in [-0.3, -0.25) is 0 Å². The van der Waals surface area contributed by atoms with Crippen LogP contribution in [0.25, 0.3) is 0 Å². The Labute approximate surface area is 158 Å². The predicted octanol–water partition coefficient (Wildman–Crippen LogP) is 4.46. The van der Waals surface area contributed by atoms with E-state index in [4.69, 9.17) is 0 Å². The number of hydrogen-bond acceptors (Lipinski definition) is 5. The third-order valence-corrected chi connectivity index (χ3v) is 4.81. The molecule has 0 fully saturated rings. The van der Waals surface area contributed by atoms with Crippen molar-refractivity contribution in [1.29, 1.82) is 0 Å². The summed E-state index contributed by atoms with van der Waals surface area (Å²) < 4.78 is 4.69. The average molecular weight is 375 g/mol. The van der Waals surface area contributed by atoms with Crippen molar-refractivity contribution in [3.8, 4) is 0 Å². The van der Waals surface area contributed by atoms with Crippen LogP contribution < -0.4 is 5.32 Å². The maximum atomic E-state index is 12.8. The lowest BCUT2D eigenvalue weighted by atomic mass is 10.2. The molecule has 0 radical (unpaired) electrons. The molecule has 26 heavy (non-hydrogen) atoms. The Bertz CT molecular complexity index is 745. The van der Waals surface area contributed by atoms with Gasteiger partial charge in [-0.25, -0.2) is 14.6 Å². The number of anilines is 1. The smallest absolute Gasteiger partial charge is 0.357 e. The molecule has 0 saturated heterocycles. The number of esters is 1. The number of carbonyl (C=O) groups excluding carboxylic acids is 2. The highest BCUT2D eigenvalue weighted by molar-refractivity contribution is 7.09. The molecule has 0 aliphatic rings. The Hall–Kier alpha value is -2.41. The van der Waals surface area contributed by atoms with Crippen LogP contribution in [-0.2, 0) is 11.3 Å². The van der Waals surface area contributed by atoms with Gasteiger partial charge in [0.15, 0.2) is 5.69 Å². The summed E-state index contributed by atoms with van der Waals surface area (Å²) in [6, 6.07) is 7.52. The van der Waals surface area contributed by atoms with Crippen molar-refractivity contribution in [2.24, 2.45) is 0 Å². The maximum Gasteiger partial charge on any atom is 0.357 e. The van der Waals surface area contributed by atoms with Gasteiger partial charge in [-0.1, -0.05) is 38.0 Å². The molecule has 0 saturated carbocycles. The van der Waals surface area contributed by atoms with Crippen LogP contribution in [0.3, 0.4) is 0 Å². The number of nitrogens with one attached hydrogen (secondary N) is 1. The van der Waals surface area contributed by atoms with E-state index in [1.54, 1.807) is 10.3 Å². The van der Waals surface area contributed by atoms with E-state index in [0.29, 0.717) is 18.1 Å². The van der Waals surface area contributed by atoms with Crippen LogP contribution in [0.15, 0.2) is 29.6 Å². The second-order valence-electron chi connectivity index (χ2n) is 5.99. The van der Waals surface area contributed by atoms with Crippen LogP contribution in [-0.4, -0.2) is 35.5 Å². The fourth-order valence-electron chi connectivity index (χ4n) is 2.46. The van der Waals surface area contributed by atoms with Crippen LogP contribution in [0.1, 0.15) is 47.2 Å². The molecule has 6 nitrogen and oxygen atoms in total. The summed E-state index contributed by atoms with van der Waals surface area (Å²) in [4.78, 5) is 30.3. The van der Waals surface area contributed by atoms with Gasteiger partial charge in [-0.2, -0.15) is 0 Å². The monoisotopic (exact) mass is 375 g/mol. The van der Waals surface area contributed by atoms with E-state index in [9.17, 15) is 9.59 Å². The number of amides is 2. The highest BCUT2D eigenvalue weighted by Crippen LogP contribution is 2.17. The van der Waals surface area contributed by atoms with Gasteiger partial charge in [0.1, 0.15) is 5.01 Å². The van der Waals surface area contributed by atoms with Crippen LogP contribution >= 0.6 is 11.3 Å². The maximum absolute atomic E-state index is 12.8. The molecule has 0 unspecified atom stereocenters. The standard InChI is InChI=1S/C19H25N3O3S/c1-4-5-8-11-22(12-17-20-16(13-26-17)18(23)25-3)19(24)21-15-10-7-6-9-14(15)2/h6-7,9-10,13H,4-5,8,11-12H2,1-3H3,(H,21,24). The van der Waals surface area contributed by atoms with Crippen molar-refractivity contribution in [2.45, 2.75) is 39.7 Å². The number of methoxy groups -OCH3 is 1. The Balaban J connectivity index is 2.09. The Morgan fingerprint density at radius 2 is 2.04 bits per heavy atom. The molecule has 2 rings (SSSR count). The molecule has 1 heterocycles. The third-order valence-electron chi connectivity index (χ3n) is 3.98. The van der Waals surface area contributed by atoms with Gasteiger partial charge in [0.25, 0.3) is 0 Å². The van der Waals surface area contributed by atoms with Crippen molar-refractivity contribution >= 4 is 29.0 Å². The first-order valence-corrected chi connectivity index (χ1v) is 9.57. The van der Waals surface area contributed by atoms with Crippen molar-refractivity contribution < 1.29 is 14.3 Å². The molecular formula is C19H25N3O3S. The number of nitrogens with zero attached hydrogens (tertiary/aromatic N) is 2. The van der Waals surface area contributed by atoms with E-state index in [2.05, 4.69) is 22.0 Å². The fourth-order valence-corrected chi connectivity index (χ4v) is 3.24. The van der Waals surface area contributed by atoms with E-state index in [-0.39, 0.29) is 11.7 Å². The molecule has 1 N–H and O–H groups in total. The zero-order chi connectivity index (χ0) is 18.9. The Kier molecular flexibility index (Phi) is 7.59. The number of rotatable bonds is 8. The van der Waals surface area contributed by atoms with Crippen molar-refractivity contribution in [2.75, 3.05) is 19.0 Å². The lowest BCUT2D eigenvalue weighted by Gasteiger charge is -2.22. The molecule has 1 aromatic heterocycles. The molecular weight excluding hydrogens is 350 g/mol. The summed E-state index contributed by atoms with van der Waals surface area (Å²) in [6.07, 6.45) is 3.06. The molecule has 0 bridgehead atoms. The van der Waals surface area contributed by atoms with Gasteiger partial charge in [0.05, 0.1) is 13.7 Å². The second kappa shape index (κ2) is 9.91. The number of thiazole rings is 1. The molecule has 0 spiro atoms. The first-order valence-electron chi connectivity index (χ1n) is 8.69. The molecule has 0 aliphatic heterocycles. The number of para-hydroxylation sites is 1. The molecule has 140 valence electrons. The quantitative estimate of drug-likeness (QED) is 0.546. The summed E-state index contributed by atoms with van der Waals surface area (Å²) in [6.45, 7) is 5.09. The fraction of sp³-hybridized carbons (Fsp3) is 0.421. The van der Waals surface area contributed by atoms with Crippen molar-refractivity contribution in [3.05, 3.63) is 45.9 Å². The lowest BCUT2D eigenvalue weighted by Crippen LogP contribution is -2.35. The summed E-state index contributed by atoms with van der Waals surface area (Å²) in [5.41, 5.74) is 2.09. The normalized spacial score (nSPS) is 10.4. The first kappa shape index (κ1) is 19.9.